The van der Waals surface area contributed by atoms with E-state index in [2.05, 4.69) is 24.5 Å². The van der Waals surface area contributed by atoms with Crippen molar-refractivity contribution in [1.29, 1.82) is 0 Å². The lowest BCUT2D eigenvalue weighted by atomic mass is 9.78. The largest absolute Gasteiger partial charge is 0.359 e. The lowest BCUT2D eigenvalue weighted by molar-refractivity contribution is -0.141. The maximum atomic E-state index is 13.6. The number of anilines is 2. The minimum atomic E-state index is -2.25. The van der Waals surface area contributed by atoms with Crippen molar-refractivity contribution in [3.8, 4) is 0 Å². The summed E-state index contributed by atoms with van der Waals surface area (Å²) >= 11 is 12.2. The van der Waals surface area contributed by atoms with Gasteiger partial charge in [0.1, 0.15) is 0 Å². The summed E-state index contributed by atoms with van der Waals surface area (Å²) in [6.45, 7) is 4.28. The molecular weight excluding hydrogens is 437 g/mol. The van der Waals surface area contributed by atoms with Crippen LogP contribution in [0.4, 0.5) is 16.2 Å². The van der Waals surface area contributed by atoms with Crippen LogP contribution in [0.2, 0.25) is 10.0 Å². The molecule has 0 bridgehead atoms. The van der Waals surface area contributed by atoms with Crippen molar-refractivity contribution in [3.05, 3.63) is 58.1 Å². The number of rotatable bonds is 3. The maximum Gasteiger partial charge on any atom is 0.329 e. The zero-order chi connectivity index (χ0) is 22.3. The van der Waals surface area contributed by atoms with E-state index in [1.165, 1.54) is 12.1 Å². The van der Waals surface area contributed by atoms with Crippen LogP contribution >= 0.6 is 23.2 Å². The molecule has 1 aliphatic heterocycles. The molecule has 164 valence electrons. The highest BCUT2D eigenvalue weighted by atomic mass is 35.5. The number of aliphatic hydroxyl groups is 1. The van der Waals surface area contributed by atoms with Gasteiger partial charge in [0, 0.05) is 11.6 Å². The first-order chi connectivity index (χ1) is 14.7. The van der Waals surface area contributed by atoms with Crippen LogP contribution in [0.3, 0.4) is 0 Å². The molecule has 4 atom stereocenters. The van der Waals surface area contributed by atoms with Crippen LogP contribution < -0.4 is 15.5 Å². The quantitative estimate of drug-likeness (QED) is 0.592. The second kappa shape index (κ2) is 8.34. The smallest absolute Gasteiger partial charge is 0.329 e. The molecule has 1 saturated carbocycles. The van der Waals surface area contributed by atoms with E-state index >= 15 is 0 Å². The van der Waals surface area contributed by atoms with Gasteiger partial charge in [-0.05, 0) is 42.5 Å². The fourth-order valence-corrected chi connectivity index (χ4v) is 4.83. The first-order valence-electron chi connectivity index (χ1n) is 10.4. The lowest BCUT2D eigenvalue weighted by Gasteiger charge is -2.44. The van der Waals surface area contributed by atoms with Crippen molar-refractivity contribution in [2.45, 2.75) is 44.9 Å². The number of fused-ring (bicyclic) bond motifs is 1. The van der Waals surface area contributed by atoms with E-state index in [0.29, 0.717) is 16.6 Å². The molecule has 8 heteroatoms. The van der Waals surface area contributed by atoms with E-state index in [1.54, 1.807) is 30.3 Å². The van der Waals surface area contributed by atoms with Crippen molar-refractivity contribution in [2.75, 3.05) is 10.2 Å². The Labute approximate surface area is 191 Å². The highest BCUT2D eigenvalue weighted by Gasteiger charge is 2.52. The normalized spacial score (nSPS) is 28.0. The van der Waals surface area contributed by atoms with Gasteiger partial charge in [0.15, 0.2) is 0 Å². The van der Waals surface area contributed by atoms with E-state index < -0.39 is 17.7 Å². The molecule has 0 radical (unpaired) electrons. The Hall–Kier alpha value is -2.28. The number of nitrogens with one attached hydrogen (secondary N) is 2. The van der Waals surface area contributed by atoms with Gasteiger partial charge in [-0.1, -0.05) is 68.1 Å². The lowest BCUT2D eigenvalue weighted by Crippen LogP contribution is -2.64. The molecular formula is C23H25Cl2N3O3. The third kappa shape index (κ3) is 3.77. The summed E-state index contributed by atoms with van der Waals surface area (Å²) in [6, 6.07) is 10.5. The SMILES string of the molecule is C[C@H]1[C@@H](NC(=O)[C@@]2(O)c3ccccc3NC(=O)N2c2ccc(Cl)c(Cl)c2)CCC[C@@H]1C. The van der Waals surface area contributed by atoms with Crippen molar-refractivity contribution in [1.82, 2.24) is 5.32 Å². The van der Waals surface area contributed by atoms with E-state index in [-0.39, 0.29) is 28.2 Å². The Balaban J connectivity index is 1.79. The van der Waals surface area contributed by atoms with Crippen LogP contribution in [0.5, 0.6) is 0 Å². The van der Waals surface area contributed by atoms with Crippen LogP contribution in [-0.2, 0) is 10.5 Å². The summed E-state index contributed by atoms with van der Waals surface area (Å²) in [5, 5.41) is 18.2. The van der Waals surface area contributed by atoms with E-state index in [0.717, 1.165) is 24.2 Å². The third-order valence-electron chi connectivity index (χ3n) is 6.57. The van der Waals surface area contributed by atoms with Gasteiger partial charge in [-0.15, -0.1) is 0 Å². The molecule has 31 heavy (non-hydrogen) atoms. The highest BCUT2D eigenvalue weighted by Crippen LogP contribution is 2.41. The predicted molar refractivity (Wildman–Crippen MR) is 122 cm³/mol. The van der Waals surface area contributed by atoms with Gasteiger partial charge in [-0.2, -0.15) is 0 Å². The van der Waals surface area contributed by atoms with Crippen LogP contribution in [0.25, 0.3) is 0 Å². The molecule has 0 saturated heterocycles. The van der Waals surface area contributed by atoms with Crippen molar-refractivity contribution in [2.24, 2.45) is 11.8 Å². The van der Waals surface area contributed by atoms with Crippen molar-refractivity contribution < 1.29 is 14.7 Å². The van der Waals surface area contributed by atoms with E-state index in [9.17, 15) is 14.7 Å². The summed E-state index contributed by atoms with van der Waals surface area (Å²) in [7, 11) is 0. The molecule has 0 unspecified atom stereocenters. The summed E-state index contributed by atoms with van der Waals surface area (Å²) in [5.41, 5.74) is -1.33. The van der Waals surface area contributed by atoms with Crippen molar-refractivity contribution >= 4 is 46.5 Å². The van der Waals surface area contributed by atoms with Gasteiger partial charge >= 0.3 is 6.03 Å². The summed E-state index contributed by atoms with van der Waals surface area (Å²) < 4.78 is 0. The first kappa shape index (κ1) is 21.9. The number of nitrogens with zero attached hydrogens (tertiary/aromatic N) is 1. The molecule has 2 aromatic carbocycles. The number of carbonyl (C=O) groups excluding carboxylic acids is 2. The molecule has 3 amide bonds. The number of benzene rings is 2. The number of urea groups is 1. The molecule has 1 fully saturated rings. The zero-order valence-electron chi connectivity index (χ0n) is 17.4. The van der Waals surface area contributed by atoms with Gasteiger partial charge in [0.25, 0.3) is 11.6 Å². The van der Waals surface area contributed by atoms with Gasteiger partial charge in [-0.25, -0.2) is 4.79 Å². The molecule has 1 heterocycles. The van der Waals surface area contributed by atoms with Gasteiger partial charge in [0.05, 0.1) is 21.4 Å². The number of para-hydroxylation sites is 1. The second-order valence-electron chi connectivity index (χ2n) is 8.43. The van der Waals surface area contributed by atoms with Gasteiger partial charge in [-0.3, -0.25) is 9.69 Å². The number of carbonyl (C=O) groups is 2. The fourth-order valence-electron chi connectivity index (χ4n) is 4.54. The van der Waals surface area contributed by atoms with Crippen LogP contribution in [0.1, 0.15) is 38.7 Å². The molecule has 2 aromatic rings. The molecule has 2 aliphatic rings. The predicted octanol–water partition coefficient (Wildman–Crippen LogP) is 5.13. The van der Waals surface area contributed by atoms with Crippen LogP contribution in [0, 0.1) is 11.8 Å². The number of halogens is 2. The van der Waals surface area contributed by atoms with Crippen LogP contribution in [-0.4, -0.2) is 23.1 Å². The number of hydrogen-bond acceptors (Lipinski definition) is 3. The van der Waals surface area contributed by atoms with Gasteiger partial charge < -0.3 is 15.7 Å². The first-order valence-corrected chi connectivity index (χ1v) is 11.2. The number of hydrogen-bond donors (Lipinski definition) is 3. The Morgan fingerprint density at radius 1 is 1.16 bits per heavy atom. The molecule has 0 aromatic heterocycles. The minimum absolute atomic E-state index is 0.0897. The molecule has 4 rings (SSSR count). The maximum absolute atomic E-state index is 13.6. The topological polar surface area (TPSA) is 81.7 Å². The molecule has 0 spiro atoms. The summed E-state index contributed by atoms with van der Waals surface area (Å²) in [5.74, 6) is 0.0704. The summed E-state index contributed by atoms with van der Waals surface area (Å²) in [6.07, 6.45) is 2.94. The number of amides is 3. The Morgan fingerprint density at radius 3 is 2.65 bits per heavy atom. The highest BCUT2D eigenvalue weighted by molar-refractivity contribution is 6.42. The van der Waals surface area contributed by atoms with Crippen LogP contribution in [0.15, 0.2) is 42.5 Å². The molecule has 1 aliphatic carbocycles. The Kier molecular flexibility index (Phi) is 5.90. The monoisotopic (exact) mass is 461 g/mol. The second-order valence-corrected chi connectivity index (χ2v) is 9.24. The Morgan fingerprint density at radius 2 is 1.90 bits per heavy atom. The van der Waals surface area contributed by atoms with E-state index in [1.807, 2.05) is 0 Å². The average Bonchev–Trinajstić information content (AvgIpc) is 2.74. The fraction of sp³-hybridized carbons (Fsp3) is 0.391. The third-order valence-corrected chi connectivity index (χ3v) is 7.31. The van der Waals surface area contributed by atoms with E-state index in [4.69, 9.17) is 23.2 Å². The summed E-state index contributed by atoms with van der Waals surface area (Å²) in [4.78, 5) is 27.8. The average molecular weight is 462 g/mol. The van der Waals surface area contributed by atoms with Crippen molar-refractivity contribution in [3.63, 3.8) is 0 Å². The zero-order valence-corrected chi connectivity index (χ0v) is 18.9. The Bertz CT molecular complexity index is 1030. The van der Waals surface area contributed by atoms with Gasteiger partial charge in [0.2, 0.25) is 0 Å². The standard InChI is InChI=1S/C23H25Cl2N3O3/c1-13-6-5-9-19(14(13)2)26-21(29)23(31)16-7-3-4-8-20(16)27-22(30)28(23)15-10-11-17(24)18(25)12-15/h3-4,7-8,10-14,19,31H,5-6,9H2,1-2H3,(H,26,29)(H,27,30)/t13-,14+,19-,23-/m0/s1. The molecule has 3 N–H and O–H groups in total. The minimum Gasteiger partial charge on any atom is -0.359 e. The molecule has 6 nitrogen and oxygen atoms in total.